The zero-order chi connectivity index (χ0) is 8.59. The number of carbonyl (C=O) groups is 2. The summed E-state index contributed by atoms with van der Waals surface area (Å²) in [5, 5.41) is 0. The normalized spacial score (nSPS) is 25.5. The molecule has 0 aromatic rings. The first-order chi connectivity index (χ1) is 5.04. The van der Waals surface area contributed by atoms with Crippen molar-refractivity contribution in [1.29, 1.82) is 0 Å². The summed E-state index contributed by atoms with van der Waals surface area (Å²) in [4.78, 5) is 23.0. The third kappa shape index (κ3) is 1.14. The van der Waals surface area contributed by atoms with Crippen LogP contribution in [0.15, 0.2) is 0 Å². The lowest BCUT2D eigenvalue weighted by Crippen LogP contribution is -2.53. The molecule has 0 saturated carbocycles. The minimum Gasteiger partial charge on any atom is -0.312 e. The first kappa shape index (κ1) is 7.87. The van der Waals surface area contributed by atoms with Crippen molar-refractivity contribution in [1.82, 2.24) is 4.90 Å². The van der Waals surface area contributed by atoms with Gasteiger partial charge in [0.05, 0.1) is 20.3 Å². The Labute approximate surface area is 64.1 Å². The second-order valence-electron chi connectivity index (χ2n) is 2.47. The van der Waals surface area contributed by atoms with Gasteiger partial charge < -0.3 is 5.73 Å². The fourth-order valence-corrected chi connectivity index (χ4v) is 0.923. The Bertz CT molecular complexity index is 246. The van der Waals surface area contributed by atoms with Crippen LogP contribution in [0, 0.1) is 0 Å². The van der Waals surface area contributed by atoms with E-state index in [1.54, 1.807) is 7.05 Å². The maximum atomic E-state index is 11.0. The Hall–Kier alpha value is -1.23. The Morgan fingerprint density at radius 2 is 2.18 bits per heavy atom. The predicted molar refractivity (Wildman–Crippen MR) is 38.4 cm³/mol. The molecule has 1 heterocycles. The van der Waals surface area contributed by atoms with E-state index in [4.69, 9.17) is 5.73 Å². The van der Waals surface area contributed by atoms with Crippen molar-refractivity contribution in [3.63, 3.8) is 0 Å². The summed E-state index contributed by atoms with van der Waals surface area (Å²) in [6.07, 6.45) is 1.39. The van der Waals surface area contributed by atoms with Crippen molar-refractivity contribution in [2.45, 2.75) is 6.04 Å². The highest BCUT2D eigenvalue weighted by Gasteiger charge is 2.36. The van der Waals surface area contributed by atoms with Crippen LogP contribution in [0.2, 0.25) is 0 Å². The number of hydrogen-bond acceptors (Lipinski definition) is 3. The van der Waals surface area contributed by atoms with Gasteiger partial charge in [-0.05, 0) is 0 Å². The summed E-state index contributed by atoms with van der Waals surface area (Å²) in [5.74, 6) is -0.367. The Balaban J connectivity index is 3.01. The molecule has 0 saturated heterocycles. The van der Waals surface area contributed by atoms with Gasteiger partial charge in [0.15, 0.2) is 6.04 Å². The van der Waals surface area contributed by atoms with Crippen LogP contribution in [-0.4, -0.2) is 47.8 Å². The van der Waals surface area contributed by atoms with Crippen LogP contribution < -0.4 is 5.73 Å². The lowest BCUT2D eigenvalue weighted by molar-refractivity contribution is -0.400. The lowest BCUT2D eigenvalue weighted by atomic mass is 10.2. The number of rotatable bonds is 0. The van der Waals surface area contributed by atoms with Crippen molar-refractivity contribution in [2.24, 2.45) is 5.73 Å². The highest BCUT2D eigenvalue weighted by molar-refractivity contribution is 6.06. The van der Waals surface area contributed by atoms with E-state index in [2.05, 4.69) is 0 Å². The zero-order valence-electron chi connectivity index (χ0n) is 6.44. The van der Waals surface area contributed by atoms with Crippen LogP contribution in [-0.2, 0) is 4.79 Å². The topological polar surface area (TPSA) is 66.4 Å². The molecule has 60 valence electrons. The van der Waals surface area contributed by atoms with Gasteiger partial charge in [0.2, 0.25) is 0 Å². The number of imide groups is 1. The summed E-state index contributed by atoms with van der Waals surface area (Å²) >= 11 is 0. The van der Waals surface area contributed by atoms with Gasteiger partial charge >= 0.3 is 11.9 Å². The summed E-state index contributed by atoms with van der Waals surface area (Å²) in [7, 11) is 2.97. The summed E-state index contributed by atoms with van der Waals surface area (Å²) in [6.45, 7) is 0. The fraction of sp³-hybridized carbons (Fsp3) is 0.500. The molecule has 1 aliphatic rings. The van der Waals surface area contributed by atoms with Crippen molar-refractivity contribution < 1.29 is 14.2 Å². The van der Waals surface area contributed by atoms with E-state index in [0.29, 0.717) is 0 Å². The molecular weight excluding hydrogens is 146 g/mol. The molecule has 0 aromatic heterocycles. The average molecular weight is 156 g/mol. The molecule has 2 N–H and O–H groups in total. The summed E-state index contributed by atoms with van der Waals surface area (Å²) < 4.78 is 1.30. The second-order valence-corrected chi connectivity index (χ2v) is 2.47. The molecule has 5 nitrogen and oxygen atoms in total. The summed E-state index contributed by atoms with van der Waals surface area (Å²) in [5.41, 5.74) is 5.38. The van der Waals surface area contributed by atoms with Gasteiger partial charge in [-0.3, -0.25) is 0 Å². The Morgan fingerprint density at radius 1 is 1.64 bits per heavy atom. The fourth-order valence-electron chi connectivity index (χ4n) is 0.923. The maximum Gasteiger partial charge on any atom is 0.500 e. The molecular formula is C6H10N3O2+. The second kappa shape index (κ2) is 2.43. The van der Waals surface area contributed by atoms with Crippen LogP contribution in [0.1, 0.15) is 0 Å². The zero-order valence-corrected chi connectivity index (χ0v) is 6.44. The van der Waals surface area contributed by atoms with E-state index in [0.717, 1.165) is 4.90 Å². The first-order valence-electron chi connectivity index (χ1n) is 3.19. The van der Waals surface area contributed by atoms with Gasteiger partial charge in [-0.2, -0.15) is 9.69 Å². The highest BCUT2D eigenvalue weighted by atomic mass is 16.2. The maximum absolute atomic E-state index is 11.0. The molecule has 0 aromatic carbocycles. The largest absolute Gasteiger partial charge is 0.500 e. The van der Waals surface area contributed by atoms with E-state index in [1.165, 1.54) is 17.8 Å². The third-order valence-corrected chi connectivity index (χ3v) is 1.59. The van der Waals surface area contributed by atoms with Gasteiger partial charge in [0, 0.05) is 0 Å². The van der Waals surface area contributed by atoms with Crippen LogP contribution in [0.4, 0.5) is 4.79 Å². The van der Waals surface area contributed by atoms with E-state index < -0.39 is 6.04 Å². The molecule has 1 atom stereocenters. The quantitative estimate of drug-likeness (QED) is 0.439. The van der Waals surface area contributed by atoms with Crippen LogP contribution in [0.3, 0.4) is 0 Å². The number of amides is 3. The van der Waals surface area contributed by atoms with Crippen LogP contribution >= 0.6 is 0 Å². The molecule has 0 bridgehead atoms. The van der Waals surface area contributed by atoms with E-state index in [-0.39, 0.29) is 11.9 Å². The molecule has 3 amide bonds. The smallest absolute Gasteiger partial charge is 0.312 e. The molecule has 0 fully saturated rings. The van der Waals surface area contributed by atoms with E-state index in [1.807, 2.05) is 0 Å². The number of urea groups is 1. The van der Waals surface area contributed by atoms with Gasteiger partial charge in [-0.15, -0.1) is 0 Å². The number of carbonyl (C=O) groups excluding carboxylic acids is 2. The molecule has 5 heteroatoms. The Kier molecular flexibility index (Phi) is 1.74. The number of nitrogens with zero attached hydrogens (tertiary/aromatic N) is 2. The molecule has 0 radical (unpaired) electrons. The number of likely N-dealkylation sites (N-methyl/N-ethyl adjacent to an activating group) is 1. The van der Waals surface area contributed by atoms with E-state index in [9.17, 15) is 9.59 Å². The van der Waals surface area contributed by atoms with Gasteiger partial charge in [-0.1, -0.05) is 0 Å². The molecule has 1 unspecified atom stereocenters. The molecule has 11 heavy (non-hydrogen) atoms. The van der Waals surface area contributed by atoms with E-state index >= 15 is 0 Å². The lowest BCUT2D eigenvalue weighted by Gasteiger charge is -2.15. The molecule has 0 aliphatic carbocycles. The van der Waals surface area contributed by atoms with Crippen molar-refractivity contribution in [3.8, 4) is 0 Å². The summed E-state index contributed by atoms with van der Waals surface area (Å²) in [6, 6.07) is -1.04. The SMILES string of the molecule is CN1C(=O)C(N)C=[N+](C)C1=O. The highest BCUT2D eigenvalue weighted by Crippen LogP contribution is 1.97. The molecule has 1 rings (SSSR count). The van der Waals surface area contributed by atoms with Crippen molar-refractivity contribution in [2.75, 3.05) is 14.1 Å². The minimum atomic E-state index is -0.692. The third-order valence-electron chi connectivity index (χ3n) is 1.59. The number of hydrogen-bond donors (Lipinski definition) is 1. The molecule has 0 spiro atoms. The Morgan fingerprint density at radius 3 is 2.73 bits per heavy atom. The average Bonchev–Trinajstić information content (AvgIpc) is 1.97. The first-order valence-corrected chi connectivity index (χ1v) is 3.19. The van der Waals surface area contributed by atoms with Crippen LogP contribution in [0.5, 0.6) is 0 Å². The van der Waals surface area contributed by atoms with Crippen molar-refractivity contribution >= 4 is 18.2 Å². The number of nitrogens with two attached hydrogens (primary N) is 1. The predicted octanol–water partition coefficient (Wildman–Crippen LogP) is -1.38. The van der Waals surface area contributed by atoms with Gasteiger partial charge in [0.1, 0.15) is 0 Å². The standard InChI is InChI=1S/C6H10N3O2/c1-8-3-4(7)5(10)9(2)6(8)11/h3-4H,7H2,1-2H3/q+1. The van der Waals surface area contributed by atoms with Crippen LogP contribution in [0.25, 0.3) is 0 Å². The molecule has 1 aliphatic heterocycles. The minimum absolute atomic E-state index is 0.350. The van der Waals surface area contributed by atoms with Crippen molar-refractivity contribution in [3.05, 3.63) is 0 Å². The van der Waals surface area contributed by atoms with Gasteiger partial charge in [-0.25, -0.2) is 9.37 Å². The van der Waals surface area contributed by atoms with Gasteiger partial charge in [0.25, 0.3) is 0 Å². The monoisotopic (exact) mass is 156 g/mol.